The number of aryl methyl sites for hydroxylation is 1. The first-order valence-electron chi connectivity index (χ1n) is 8.74. The minimum Gasteiger partial charge on any atom is -0.403 e. The van der Waals surface area contributed by atoms with Gasteiger partial charge in [-0.05, 0) is 24.2 Å². The zero-order valence-corrected chi connectivity index (χ0v) is 17.1. The zero-order chi connectivity index (χ0) is 18.8. The van der Waals surface area contributed by atoms with Crippen molar-refractivity contribution in [1.82, 2.24) is 19.7 Å². The first-order valence-corrected chi connectivity index (χ1v) is 9.97. The molecule has 2 aliphatic rings. The second kappa shape index (κ2) is 7.86. The predicted octanol–water partition coefficient (Wildman–Crippen LogP) is 4.79. The Hall–Kier alpha value is -2.12. The number of anilines is 1. The highest BCUT2D eigenvalue weighted by Crippen LogP contribution is 2.31. The third-order valence-electron chi connectivity index (χ3n) is 4.54. The Labute approximate surface area is 170 Å². The third kappa shape index (κ3) is 4.25. The summed E-state index contributed by atoms with van der Waals surface area (Å²) in [6, 6.07) is 0.426. The molecule has 0 saturated heterocycles. The molecular weight excluding hydrogens is 430 g/mol. The number of hydrogen-bond donors (Lipinski definition) is 1. The van der Waals surface area contributed by atoms with Crippen LogP contribution in [0, 0.1) is 6.92 Å². The summed E-state index contributed by atoms with van der Waals surface area (Å²) in [4.78, 5) is 4.26. The molecule has 0 radical (unpaired) electrons. The van der Waals surface area contributed by atoms with Crippen LogP contribution in [0.25, 0.3) is 5.57 Å². The molecule has 0 spiro atoms. The molecule has 140 valence electrons. The van der Waals surface area contributed by atoms with Gasteiger partial charge in [0.1, 0.15) is 0 Å². The molecule has 2 aromatic rings. The van der Waals surface area contributed by atoms with Crippen LogP contribution in [0.4, 0.5) is 6.01 Å². The van der Waals surface area contributed by atoms with Gasteiger partial charge in [-0.15, -0.1) is 16.7 Å². The fraction of sp³-hybridized carbons (Fsp3) is 0.316. The van der Waals surface area contributed by atoms with Crippen LogP contribution in [0.2, 0.25) is 0 Å². The first kappa shape index (κ1) is 18.3. The van der Waals surface area contributed by atoms with E-state index in [1.165, 1.54) is 10.1 Å². The molecule has 2 unspecified atom stereocenters. The molecule has 1 N–H and O–H groups in total. The van der Waals surface area contributed by atoms with E-state index in [0.29, 0.717) is 18.5 Å². The first-order chi connectivity index (χ1) is 13.1. The summed E-state index contributed by atoms with van der Waals surface area (Å²) in [5, 5.41) is 11.2. The van der Waals surface area contributed by atoms with Gasteiger partial charge in [0.05, 0.1) is 23.4 Å². The van der Waals surface area contributed by atoms with Gasteiger partial charge in [0.15, 0.2) is 0 Å². The average Bonchev–Trinajstić information content (AvgIpc) is 3.30. The van der Waals surface area contributed by atoms with Gasteiger partial charge in [-0.1, -0.05) is 57.0 Å². The molecule has 2 atom stereocenters. The van der Waals surface area contributed by atoms with Gasteiger partial charge >= 0.3 is 6.01 Å². The molecule has 27 heavy (non-hydrogen) atoms. The van der Waals surface area contributed by atoms with E-state index in [-0.39, 0.29) is 11.4 Å². The predicted molar refractivity (Wildman–Crippen MR) is 110 cm³/mol. The number of hydrogen-bond acceptors (Lipinski definition) is 5. The van der Waals surface area contributed by atoms with Gasteiger partial charge in [-0.2, -0.15) is 0 Å². The highest BCUT2D eigenvalue weighted by molar-refractivity contribution is 9.11. The van der Waals surface area contributed by atoms with Crippen LogP contribution in [0.1, 0.15) is 30.5 Å². The molecule has 0 aromatic carbocycles. The number of alkyl halides is 1. The van der Waals surface area contributed by atoms with E-state index in [0.717, 1.165) is 24.1 Å². The maximum Gasteiger partial charge on any atom is 0.316 e. The lowest BCUT2D eigenvalue weighted by atomic mass is 10.0. The van der Waals surface area contributed by atoms with Gasteiger partial charge in [0.2, 0.25) is 5.89 Å². The average molecular weight is 449 g/mol. The van der Waals surface area contributed by atoms with Crippen molar-refractivity contribution in [1.29, 1.82) is 0 Å². The maximum absolute atomic E-state index is 6.55. The second-order valence-electron chi connectivity index (χ2n) is 6.58. The second-order valence-corrected chi connectivity index (χ2v) is 8.11. The fourth-order valence-electron chi connectivity index (χ4n) is 3.05. The van der Waals surface area contributed by atoms with Crippen LogP contribution in [0.3, 0.4) is 0 Å². The summed E-state index contributed by atoms with van der Waals surface area (Å²) in [6.07, 6.45) is 15.9. The summed E-state index contributed by atoms with van der Waals surface area (Å²) in [5.74, 6) is 0.458. The lowest BCUT2D eigenvalue weighted by molar-refractivity contribution is 0.550. The Morgan fingerprint density at radius 1 is 1.33 bits per heavy atom. The van der Waals surface area contributed by atoms with E-state index in [1.807, 2.05) is 35.9 Å². The number of nitrogens with one attached hydrogen (secondary N) is 1. The van der Waals surface area contributed by atoms with E-state index in [4.69, 9.17) is 16.0 Å². The minimum absolute atomic E-state index is 0.0164. The molecule has 2 heterocycles. The van der Waals surface area contributed by atoms with Crippen molar-refractivity contribution in [2.24, 2.45) is 0 Å². The van der Waals surface area contributed by atoms with E-state index < -0.39 is 0 Å². The van der Waals surface area contributed by atoms with E-state index in [9.17, 15) is 0 Å². The van der Waals surface area contributed by atoms with Crippen LogP contribution in [0.15, 0.2) is 57.4 Å². The van der Waals surface area contributed by atoms with Crippen molar-refractivity contribution in [2.75, 3.05) is 11.9 Å². The smallest absolute Gasteiger partial charge is 0.316 e. The van der Waals surface area contributed by atoms with Crippen LogP contribution < -0.4 is 5.32 Å². The molecule has 8 heteroatoms. The van der Waals surface area contributed by atoms with Crippen molar-refractivity contribution >= 4 is 39.1 Å². The highest BCUT2D eigenvalue weighted by atomic mass is 79.9. The van der Waals surface area contributed by atoms with Crippen molar-refractivity contribution in [2.45, 2.75) is 31.2 Å². The Morgan fingerprint density at radius 3 is 2.93 bits per heavy atom. The molecule has 0 saturated carbocycles. The topological polar surface area (TPSA) is 68.8 Å². The van der Waals surface area contributed by atoms with Crippen molar-refractivity contribution in [3.63, 3.8) is 0 Å². The molecule has 4 rings (SSSR count). The van der Waals surface area contributed by atoms with Gasteiger partial charge in [-0.3, -0.25) is 0 Å². The quantitative estimate of drug-likeness (QED) is 0.666. The normalized spacial score (nSPS) is 22.3. The number of allylic oxidation sites excluding steroid dienone is 7. The zero-order valence-electron chi connectivity index (χ0n) is 14.8. The molecule has 0 bridgehead atoms. The van der Waals surface area contributed by atoms with E-state index in [1.54, 1.807) is 6.33 Å². The van der Waals surface area contributed by atoms with Crippen molar-refractivity contribution in [3.8, 4) is 0 Å². The van der Waals surface area contributed by atoms with E-state index >= 15 is 0 Å². The van der Waals surface area contributed by atoms with Gasteiger partial charge in [0, 0.05) is 18.3 Å². The van der Waals surface area contributed by atoms with Crippen LogP contribution in [-0.2, 0) is 0 Å². The molecular formula is C19H19BrClN5O. The highest BCUT2D eigenvalue weighted by Gasteiger charge is 2.23. The van der Waals surface area contributed by atoms with Crippen molar-refractivity contribution < 1.29 is 4.42 Å². The Balaban J connectivity index is 1.41. The number of imidazole rings is 1. The largest absolute Gasteiger partial charge is 0.403 e. The molecule has 6 nitrogen and oxygen atoms in total. The summed E-state index contributed by atoms with van der Waals surface area (Å²) in [6.45, 7) is 2.65. The lowest BCUT2D eigenvalue weighted by Crippen LogP contribution is -2.17. The Bertz CT molecular complexity index is 955. The molecule has 2 aromatic heterocycles. The molecule has 0 fully saturated rings. The van der Waals surface area contributed by atoms with Crippen LogP contribution in [-0.4, -0.2) is 31.7 Å². The monoisotopic (exact) mass is 447 g/mol. The molecule has 0 aliphatic heterocycles. The van der Waals surface area contributed by atoms with Gasteiger partial charge < -0.3 is 14.3 Å². The van der Waals surface area contributed by atoms with Crippen molar-refractivity contribution in [3.05, 3.63) is 64.5 Å². The van der Waals surface area contributed by atoms with Crippen LogP contribution >= 0.6 is 27.5 Å². The molecule has 2 aliphatic carbocycles. The number of nitrogens with zero attached hydrogens (tertiary/aromatic N) is 4. The number of rotatable bonds is 5. The molecule has 0 amide bonds. The summed E-state index contributed by atoms with van der Waals surface area (Å²) >= 11 is 10.1. The van der Waals surface area contributed by atoms with Crippen LogP contribution in [0.5, 0.6) is 0 Å². The lowest BCUT2D eigenvalue weighted by Gasteiger charge is -2.21. The summed E-state index contributed by atoms with van der Waals surface area (Å²) in [7, 11) is 0. The maximum atomic E-state index is 6.55. The Morgan fingerprint density at radius 2 is 2.22 bits per heavy atom. The minimum atomic E-state index is -0.223. The summed E-state index contributed by atoms with van der Waals surface area (Å²) < 4.78 is 8.97. The fourth-order valence-corrected chi connectivity index (χ4v) is 3.73. The Kier molecular flexibility index (Phi) is 5.31. The standard InChI is InChI=1S/C19H19BrClN5O/c1-12-10-26(11-23-12)17-7-4-14(8-16(17)21)18-24-25-19(27-18)22-9-13-2-5-15(20)6-3-13/h2,4-5,7-8,10-11,16-17H,3,6,9H2,1H3,(H,22,25). The number of aromatic nitrogens is 4. The third-order valence-corrected chi connectivity index (χ3v) is 5.58. The van der Waals surface area contributed by atoms with Gasteiger partial charge in [0.25, 0.3) is 0 Å². The van der Waals surface area contributed by atoms with Gasteiger partial charge in [-0.25, -0.2) is 4.98 Å². The SMILES string of the molecule is Cc1cn(C2C=CC(c3nnc(NCC4=CC=C(Br)CC4)o3)=CC2Cl)cn1. The summed E-state index contributed by atoms with van der Waals surface area (Å²) in [5.41, 5.74) is 3.09. The number of halogens is 2. The van der Waals surface area contributed by atoms with E-state index in [2.05, 4.69) is 48.6 Å².